The molecule has 48 heavy (non-hydrogen) atoms. The standard InChI is InChI=1S/C34H15F2N5O4S3/c35-20-10-17-18(11-21(20)36)30(43)27(29(17)42)38-33-26-25(39-48-40-26)19(13-37-33)24-12-22-31(47-24)32-28(16-8-4-5-9-23(16)46-32)41(22)34(44)45-14-15-6-2-1-3-7-15/h1-13H,14H2. The summed E-state index contributed by atoms with van der Waals surface area (Å²) in [5.41, 5.74) is 1.93. The van der Waals surface area contributed by atoms with Crippen LogP contribution in [0.1, 0.15) is 5.56 Å². The first-order valence-electron chi connectivity index (χ1n) is 14.3. The number of pyridine rings is 1. The molecular formula is C34H15F2N5O4S3. The fourth-order valence-corrected chi connectivity index (χ4v) is 8.89. The number of fused-ring (bicyclic) bond motifs is 7. The van der Waals surface area contributed by atoms with E-state index in [0.29, 0.717) is 28.7 Å². The van der Waals surface area contributed by atoms with E-state index in [9.17, 15) is 23.2 Å². The molecule has 0 aliphatic carbocycles. The molecule has 4 aromatic carbocycles. The van der Waals surface area contributed by atoms with Crippen LogP contribution in [0.2, 0.25) is 0 Å². The third-order valence-electron chi connectivity index (χ3n) is 8.07. The molecule has 5 aromatic heterocycles. The maximum Gasteiger partial charge on any atom is 0.419 e. The number of carbonyl (C=O) groups excluding carboxylic acids is 1. The molecule has 0 amide bonds. The highest BCUT2D eigenvalue weighted by atomic mass is 32.1. The Morgan fingerprint density at radius 3 is 2.31 bits per heavy atom. The Bertz CT molecular complexity index is 2900. The summed E-state index contributed by atoms with van der Waals surface area (Å²) in [5.74, 6) is -2.51. The molecule has 0 unspecified atom stereocenters. The molecule has 0 fully saturated rings. The van der Waals surface area contributed by atoms with Crippen molar-refractivity contribution in [1.29, 1.82) is 0 Å². The lowest BCUT2D eigenvalue weighted by Crippen LogP contribution is -2.31. The number of aromatic nitrogens is 4. The quantitative estimate of drug-likeness (QED) is 0.187. The van der Waals surface area contributed by atoms with Crippen molar-refractivity contribution in [3.05, 3.63) is 122 Å². The van der Waals surface area contributed by atoms with E-state index in [1.165, 1.54) is 17.5 Å². The van der Waals surface area contributed by atoms with Crippen molar-refractivity contribution < 1.29 is 18.3 Å². The van der Waals surface area contributed by atoms with Gasteiger partial charge in [0.05, 0.1) is 32.2 Å². The van der Waals surface area contributed by atoms with Gasteiger partial charge in [0.2, 0.25) is 10.9 Å². The van der Waals surface area contributed by atoms with Gasteiger partial charge in [-0.3, -0.25) is 9.59 Å². The van der Waals surface area contributed by atoms with Gasteiger partial charge in [-0.25, -0.2) is 28.1 Å². The van der Waals surface area contributed by atoms with Gasteiger partial charge < -0.3 is 4.74 Å². The van der Waals surface area contributed by atoms with Crippen molar-refractivity contribution in [2.75, 3.05) is 0 Å². The van der Waals surface area contributed by atoms with E-state index in [2.05, 4.69) is 18.7 Å². The predicted molar refractivity (Wildman–Crippen MR) is 183 cm³/mol. The number of rotatable bonds is 4. The Balaban J connectivity index is 1.20. The molecular weight excluding hydrogens is 677 g/mol. The monoisotopic (exact) mass is 691 g/mol. The maximum atomic E-state index is 13.8. The third-order valence-corrected chi connectivity index (χ3v) is 11.1. The molecule has 9 aromatic rings. The molecule has 0 saturated heterocycles. The van der Waals surface area contributed by atoms with Crippen molar-refractivity contribution in [3.63, 3.8) is 0 Å². The Hall–Kier alpha value is -5.57. The van der Waals surface area contributed by atoms with Crippen molar-refractivity contribution >= 4 is 98.6 Å². The van der Waals surface area contributed by atoms with Crippen molar-refractivity contribution in [3.8, 4) is 10.4 Å². The van der Waals surface area contributed by atoms with E-state index in [4.69, 9.17) is 4.74 Å². The smallest absolute Gasteiger partial charge is 0.419 e. The minimum Gasteiger partial charge on any atom is -0.444 e. The summed E-state index contributed by atoms with van der Waals surface area (Å²) in [5, 5.41) is -0.0921. The Morgan fingerprint density at radius 1 is 0.833 bits per heavy atom. The summed E-state index contributed by atoms with van der Waals surface area (Å²) < 4.78 is 46.8. The highest BCUT2D eigenvalue weighted by Gasteiger charge is 2.25. The lowest BCUT2D eigenvalue weighted by molar-refractivity contribution is 0.143. The normalized spacial score (nSPS) is 11.9. The second-order valence-electron chi connectivity index (χ2n) is 10.9. The minimum absolute atomic E-state index is 0.0324. The van der Waals surface area contributed by atoms with Gasteiger partial charge in [-0.1, -0.05) is 48.5 Å². The van der Waals surface area contributed by atoms with E-state index in [1.807, 2.05) is 60.7 Å². The van der Waals surface area contributed by atoms with Gasteiger partial charge in [0, 0.05) is 37.5 Å². The maximum absolute atomic E-state index is 13.8. The number of ether oxygens (including phenoxy) is 1. The van der Waals surface area contributed by atoms with E-state index in [-0.39, 0.29) is 28.7 Å². The van der Waals surface area contributed by atoms with Crippen LogP contribution in [0.5, 0.6) is 0 Å². The summed E-state index contributed by atoms with van der Waals surface area (Å²) >= 11 is 3.95. The minimum atomic E-state index is -1.24. The number of benzene rings is 3. The molecule has 0 aliphatic rings. The largest absolute Gasteiger partial charge is 0.444 e. The summed E-state index contributed by atoms with van der Waals surface area (Å²) in [6.07, 6.45) is 1.01. The van der Waals surface area contributed by atoms with E-state index in [0.717, 1.165) is 47.2 Å². The second kappa shape index (κ2) is 10.7. The van der Waals surface area contributed by atoms with Crippen LogP contribution in [0.4, 0.5) is 19.4 Å². The number of nitrogens with zero attached hydrogens (tertiary/aromatic N) is 5. The van der Waals surface area contributed by atoms with Gasteiger partial charge in [0.15, 0.2) is 22.8 Å². The van der Waals surface area contributed by atoms with Crippen LogP contribution in [-0.4, -0.2) is 24.4 Å². The van der Waals surface area contributed by atoms with Gasteiger partial charge in [-0.15, -0.1) is 22.7 Å². The molecule has 0 spiro atoms. The summed E-state index contributed by atoms with van der Waals surface area (Å²) in [7, 11) is 0. The average Bonchev–Trinajstić information content (AvgIpc) is 3.91. The van der Waals surface area contributed by atoms with Crippen LogP contribution in [0.3, 0.4) is 0 Å². The van der Waals surface area contributed by atoms with Crippen LogP contribution in [0.15, 0.2) is 93.6 Å². The number of halogens is 2. The third kappa shape index (κ3) is 4.26. The highest BCUT2D eigenvalue weighted by Crippen LogP contribution is 2.47. The number of hydrogen-bond donors (Lipinski definition) is 0. The predicted octanol–water partition coefficient (Wildman–Crippen LogP) is 7.58. The first-order chi connectivity index (χ1) is 23.4. The van der Waals surface area contributed by atoms with E-state index >= 15 is 0 Å². The van der Waals surface area contributed by atoms with E-state index in [1.54, 1.807) is 15.9 Å². The molecule has 5 heterocycles. The topological polar surface area (TPSA) is 116 Å². The highest BCUT2D eigenvalue weighted by molar-refractivity contribution is 7.32. The van der Waals surface area contributed by atoms with Crippen molar-refractivity contribution in [1.82, 2.24) is 18.3 Å². The SMILES string of the molecule is O=C(OCc1ccccc1)n1c2cc(-c3cnc(N=c4c(=O)c5cc(F)c(F)cc5c4=O)c4nsnc34)sc2c2sc3ccccc3c21. The van der Waals surface area contributed by atoms with Gasteiger partial charge in [-0.05, 0) is 29.8 Å². The Morgan fingerprint density at radius 2 is 1.54 bits per heavy atom. The van der Waals surface area contributed by atoms with Gasteiger partial charge in [-0.2, -0.15) is 8.75 Å². The molecule has 0 radical (unpaired) electrons. The first kappa shape index (κ1) is 28.6. The second-order valence-corrected chi connectivity index (χ2v) is 13.5. The lowest BCUT2D eigenvalue weighted by Gasteiger charge is -2.07. The Kier molecular flexibility index (Phi) is 6.40. The zero-order valence-electron chi connectivity index (χ0n) is 24.1. The Labute approximate surface area is 278 Å². The first-order valence-corrected chi connectivity index (χ1v) is 16.7. The lowest BCUT2D eigenvalue weighted by atomic mass is 10.2. The van der Waals surface area contributed by atoms with Crippen LogP contribution >= 0.6 is 34.4 Å². The van der Waals surface area contributed by atoms with Gasteiger partial charge >= 0.3 is 6.09 Å². The van der Waals surface area contributed by atoms with Gasteiger partial charge in [0.1, 0.15) is 17.6 Å². The number of hydrogen-bond acceptors (Lipinski definition) is 11. The average molecular weight is 692 g/mol. The molecule has 0 aliphatic heterocycles. The molecule has 9 nitrogen and oxygen atoms in total. The van der Waals surface area contributed by atoms with E-state index < -0.39 is 33.9 Å². The zero-order chi connectivity index (χ0) is 32.7. The molecule has 0 bridgehead atoms. The fourth-order valence-electron chi connectivity index (χ4n) is 5.85. The number of carbonyl (C=O) groups is 1. The van der Waals surface area contributed by atoms with Crippen LogP contribution in [0, 0.1) is 11.6 Å². The fraction of sp³-hybridized carbons (Fsp3) is 0.0294. The summed E-state index contributed by atoms with van der Waals surface area (Å²) in [6.45, 7) is 0.110. The summed E-state index contributed by atoms with van der Waals surface area (Å²) in [4.78, 5) is 49.1. The molecule has 0 saturated carbocycles. The summed E-state index contributed by atoms with van der Waals surface area (Å²) in [6, 6.07) is 20.6. The van der Waals surface area contributed by atoms with Crippen LogP contribution < -0.4 is 16.2 Å². The van der Waals surface area contributed by atoms with Crippen molar-refractivity contribution in [2.24, 2.45) is 4.99 Å². The molecule has 232 valence electrons. The van der Waals surface area contributed by atoms with Crippen LogP contribution in [0.25, 0.3) is 62.8 Å². The molecule has 9 rings (SSSR count). The van der Waals surface area contributed by atoms with Gasteiger partial charge in [0.25, 0.3) is 0 Å². The van der Waals surface area contributed by atoms with Crippen molar-refractivity contribution in [2.45, 2.75) is 6.61 Å². The molecule has 0 N–H and O–H groups in total. The van der Waals surface area contributed by atoms with Crippen LogP contribution in [-0.2, 0) is 11.3 Å². The number of thiophene rings is 2. The molecule has 0 atom stereocenters. The zero-order valence-corrected chi connectivity index (χ0v) is 26.5. The molecule has 14 heteroatoms.